The number of carbonyl (C=O) groups is 3. The molecule has 1 saturated heterocycles. The van der Waals surface area contributed by atoms with Crippen molar-refractivity contribution in [2.75, 3.05) is 6.61 Å². The molecule has 2 N–H and O–H groups in total. The molecular formula is C13H21NO6. The molecule has 1 amide bonds. The topological polar surface area (TPSA) is 102 Å². The molecular weight excluding hydrogens is 266 g/mol. The SMILES string of the molecule is CC(C)(C)OC(=O)C[C@H](NC(=O)[C@@H]1CCCO1)C(=O)O. The highest BCUT2D eigenvalue weighted by atomic mass is 16.6. The summed E-state index contributed by atoms with van der Waals surface area (Å²) in [5.74, 6) is -2.45. The Kier molecular flexibility index (Phi) is 5.50. The van der Waals surface area contributed by atoms with Crippen LogP contribution >= 0.6 is 0 Å². The summed E-state index contributed by atoms with van der Waals surface area (Å²) in [7, 11) is 0. The van der Waals surface area contributed by atoms with Gasteiger partial charge in [-0.3, -0.25) is 9.59 Å². The molecule has 0 aliphatic carbocycles. The number of hydrogen-bond donors (Lipinski definition) is 2. The van der Waals surface area contributed by atoms with Crippen LogP contribution in [0.3, 0.4) is 0 Å². The highest BCUT2D eigenvalue weighted by Crippen LogP contribution is 2.13. The predicted octanol–water partition coefficient (Wildman–Crippen LogP) is 0.467. The summed E-state index contributed by atoms with van der Waals surface area (Å²) in [6.07, 6.45) is 0.285. The Hall–Kier alpha value is -1.63. The van der Waals surface area contributed by atoms with Crippen molar-refractivity contribution in [2.24, 2.45) is 0 Å². The van der Waals surface area contributed by atoms with Crippen LogP contribution in [0.15, 0.2) is 0 Å². The van der Waals surface area contributed by atoms with Crippen molar-refractivity contribution in [1.29, 1.82) is 0 Å². The lowest BCUT2D eigenvalue weighted by atomic mass is 10.1. The normalized spacial score (nSPS) is 20.2. The fraction of sp³-hybridized carbons (Fsp3) is 0.769. The smallest absolute Gasteiger partial charge is 0.326 e. The van der Waals surface area contributed by atoms with E-state index in [0.717, 1.165) is 6.42 Å². The van der Waals surface area contributed by atoms with E-state index in [2.05, 4.69) is 5.32 Å². The van der Waals surface area contributed by atoms with Gasteiger partial charge in [0.2, 0.25) is 5.91 Å². The lowest BCUT2D eigenvalue weighted by molar-refractivity contribution is -0.158. The van der Waals surface area contributed by atoms with Crippen molar-refractivity contribution >= 4 is 17.8 Å². The highest BCUT2D eigenvalue weighted by Gasteiger charge is 2.30. The molecule has 0 bridgehead atoms. The lowest BCUT2D eigenvalue weighted by Gasteiger charge is -2.22. The standard InChI is InChI=1S/C13H21NO6/c1-13(2,3)20-10(15)7-8(12(17)18)14-11(16)9-5-4-6-19-9/h8-9H,4-7H2,1-3H3,(H,14,16)(H,17,18)/t8-,9-/m0/s1. The minimum atomic E-state index is -1.30. The van der Waals surface area contributed by atoms with Crippen LogP contribution in [0.1, 0.15) is 40.0 Å². The van der Waals surface area contributed by atoms with E-state index >= 15 is 0 Å². The van der Waals surface area contributed by atoms with Gasteiger partial charge in [0.15, 0.2) is 0 Å². The molecule has 0 aromatic rings. The Morgan fingerprint density at radius 3 is 2.50 bits per heavy atom. The van der Waals surface area contributed by atoms with Crippen molar-refractivity contribution < 1.29 is 29.0 Å². The molecule has 2 atom stereocenters. The fourth-order valence-electron chi connectivity index (χ4n) is 1.80. The first-order chi connectivity index (χ1) is 9.19. The van der Waals surface area contributed by atoms with E-state index < -0.39 is 42.0 Å². The molecule has 1 rings (SSSR count). The molecule has 20 heavy (non-hydrogen) atoms. The molecule has 0 aromatic heterocycles. The Morgan fingerprint density at radius 2 is 2.05 bits per heavy atom. The minimum Gasteiger partial charge on any atom is -0.480 e. The zero-order valence-electron chi connectivity index (χ0n) is 12.0. The molecule has 0 saturated carbocycles. The first kappa shape index (κ1) is 16.4. The van der Waals surface area contributed by atoms with Gasteiger partial charge in [-0.05, 0) is 33.6 Å². The first-order valence-corrected chi connectivity index (χ1v) is 6.55. The number of hydrogen-bond acceptors (Lipinski definition) is 5. The van der Waals surface area contributed by atoms with Crippen LogP contribution in [0, 0.1) is 0 Å². The summed E-state index contributed by atoms with van der Waals surface area (Å²) in [5.41, 5.74) is -0.696. The zero-order valence-corrected chi connectivity index (χ0v) is 12.0. The number of carbonyl (C=O) groups excluding carboxylic acids is 2. The molecule has 1 fully saturated rings. The van der Waals surface area contributed by atoms with Crippen LogP contribution in [-0.4, -0.2) is 47.3 Å². The number of carboxylic acid groups (broad SMARTS) is 1. The van der Waals surface area contributed by atoms with Gasteiger partial charge in [0.25, 0.3) is 0 Å². The van der Waals surface area contributed by atoms with Crippen molar-refractivity contribution in [3.8, 4) is 0 Å². The maximum absolute atomic E-state index is 11.8. The molecule has 7 nitrogen and oxygen atoms in total. The summed E-state index contributed by atoms with van der Waals surface area (Å²) >= 11 is 0. The van der Waals surface area contributed by atoms with Gasteiger partial charge < -0.3 is 19.9 Å². The van der Waals surface area contributed by atoms with E-state index in [9.17, 15) is 14.4 Å². The van der Waals surface area contributed by atoms with Crippen LogP contribution in [0.2, 0.25) is 0 Å². The van der Waals surface area contributed by atoms with E-state index in [-0.39, 0.29) is 0 Å². The Bertz CT molecular complexity index is 381. The molecule has 0 spiro atoms. The molecule has 1 aliphatic heterocycles. The molecule has 0 unspecified atom stereocenters. The van der Waals surface area contributed by atoms with Gasteiger partial charge in [-0.1, -0.05) is 0 Å². The van der Waals surface area contributed by atoms with Crippen molar-refractivity contribution in [3.63, 3.8) is 0 Å². The number of esters is 1. The summed E-state index contributed by atoms with van der Waals surface area (Å²) in [5, 5.41) is 11.4. The maximum atomic E-state index is 11.8. The lowest BCUT2D eigenvalue weighted by Crippen LogP contribution is -2.47. The van der Waals surface area contributed by atoms with E-state index in [1.807, 2.05) is 0 Å². The van der Waals surface area contributed by atoms with Gasteiger partial charge in [0.05, 0.1) is 6.42 Å². The first-order valence-electron chi connectivity index (χ1n) is 6.55. The fourth-order valence-corrected chi connectivity index (χ4v) is 1.80. The molecule has 114 valence electrons. The molecule has 1 aliphatic rings. The number of carboxylic acids is 1. The third-order valence-corrected chi connectivity index (χ3v) is 2.63. The average Bonchev–Trinajstić information content (AvgIpc) is 2.78. The highest BCUT2D eigenvalue weighted by molar-refractivity contribution is 5.89. The van der Waals surface area contributed by atoms with E-state index in [1.54, 1.807) is 20.8 Å². The second kappa shape index (κ2) is 6.69. The summed E-state index contributed by atoms with van der Waals surface area (Å²) in [4.78, 5) is 34.5. The zero-order chi connectivity index (χ0) is 15.3. The Morgan fingerprint density at radius 1 is 1.40 bits per heavy atom. The largest absolute Gasteiger partial charge is 0.480 e. The maximum Gasteiger partial charge on any atom is 0.326 e. The molecule has 7 heteroatoms. The van der Waals surface area contributed by atoms with Gasteiger partial charge >= 0.3 is 11.9 Å². The number of rotatable bonds is 5. The van der Waals surface area contributed by atoms with Crippen molar-refractivity contribution in [3.05, 3.63) is 0 Å². The van der Waals surface area contributed by atoms with Gasteiger partial charge in [-0.25, -0.2) is 4.79 Å². The van der Waals surface area contributed by atoms with Crippen LogP contribution in [0.4, 0.5) is 0 Å². The van der Waals surface area contributed by atoms with Gasteiger partial charge in [-0.2, -0.15) is 0 Å². The molecule has 0 radical (unpaired) electrons. The third kappa shape index (κ3) is 5.56. The monoisotopic (exact) mass is 287 g/mol. The summed E-state index contributed by atoms with van der Waals surface area (Å²) in [6.45, 7) is 5.55. The number of nitrogens with one attached hydrogen (secondary N) is 1. The number of amides is 1. The summed E-state index contributed by atoms with van der Waals surface area (Å²) < 4.78 is 10.2. The van der Waals surface area contributed by atoms with Crippen LogP contribution in [0.25, 0.3) is 0 Å². The van der Waals surface area contributed by atoms with Crippen LogP contribution in [-0.2, 0) is 23.9 Å². The number of aliphatic carboxylic acids is 1. The summed E-state index contributed by atoms with van der Waals surface area (Å²) in [6, 6.07) is -1.30. The minimum absolute atomic E-state index is 0.412. The van der Waals surface area contributed by atoms with Crippen LogP contribution in [0.5, 0.6) is 0 Å². The van der Waals surface area contributed by atoms with Crippen molar-refractivity contribution in [1.82, 2.24) is 5.32 Å². The van der Waals surface area contributed by atoms with Crippen molar-refractivity contribution in [2.45, 2.75) is 57.8 Å². The Balaban J connectivity index is 2.54. The second-order valence-corrected chi connectivity index (χ2v) is 5.69. The molecule has 0 aromatic carbocycles. The van der Waals surface area contributed by atoms with E-state index in [4.69, 9.17) is 14.6 Å². The van der Waals surface area contributed by atoms with Crippen LogP contribution < -0.4 is 5.32 Å². The average molecular weight is 287 g/mol. The van der Waals surface area contributed by atoms with Gasteiger partial charge in [0, 0.05) is 6.61 Å². The second-order valence-electron chi connectivity index (χ2n) is 5.69. The quantitative estimate of drug-likeness (QED) is 0.712. The van der Waals surface area contributed by atoms with Gasteiger partial charge in [0.1, 0.15) is 17.7 Å². The third-order valence-electron chi connectivity index (χ3n) is 2.63. The predicted molar refractivity (Wildman–Crippen MR) is 69.0 cm³/mol. The van der Waals surface area contributed by atoms with E-state index in [1.165, 1.54) is 0 Å². The molecule has 1 heterocycles. The van der Waals surface area contributed by atoms with E-state index in [0.29, 0.717) is 13.0 Å². The number of ether oxygens (including phenoxy) is 2. The van der Waals surface area contributed by atoms with Gasteiger partial charge in [-0.15, -0.1) is 0 Å². The Labute approximate surface area is 117 Å².